The van der Waals surface area contributed by atoms with Gasteiger partial charge in [0.1, 0.15) is 11.6 Å². The number of piperidine rings is 1. The van der Waals surface area contributed by atoms with E-state index in [1.54, 1.807) is 7.11 Å². The molecule has 0 atom stereocenters. The second kappa shape index (κ2) is 6.70. The number of aryl methyl sites for hydroxylation is 1. The van der Waals surface area contributed by atoms with E-state index in [9.17, 15) is 0 Å². The topological polar surface area (TPSA) is 55.5 Å². The van der Waals surface area contributed by atoms with E-state index in [4.69, 9.17) is 9.84 Å². The van der Waals surface area contributed by atoms with Gasteiger partial charge in [0.25, 0.3) is 0 Å². The van der Waals surface area contributed by atoms with E-state index < -0.39 is 0 Å². The van der Waals surface area contributed by atoms with E-state index in [2.05, 4.69) is 33.3 Å². The van der Waals surface area contributed by atoms with Crippen LogP contribution in [0.4, 0.5) is 5.82 Å². The zero-order valence-electron chi connectivity index (χ0n) is 14.7. The highest BCUT2D eigenvalue weighted by Gasteiger charge is 2.21. The summed E-state index contributed by atoms with van der Waals surface area (Å²) in [5.74, 6) is 3.49. The van der Waals surface area contributed by atoms with Crippen LogP contribution in [0.5, 0.6) is 5.75 Å². The average Bonchev–Trinajstić information content (AvgIpc) is 3.03. The van der Waals surface area contributed by atoms with Gasteiger partial charge in [0.2, 0.25) is 0 Å². The van der Waals surface area contributed by atoms with Crippen molar-refractivity contribution in [1.29, 1.82) is 0 Å². The van der Waals surface area contributed by atoms with E-state index in [-0.39, 0.29) is 0 Å². The van der Waals surface area contributed by atoms with Crippen molar-refractivity contribution in [2.75, 3.05) is 25.1 Å². The molecule has 25 heavy (non-hydrogen) atoms. The third kappa shape index (κ3) is 3.29. The molecule has 0 aliphatic carbocycles. The van der Waals surface area contributed by atoms with Crippen LogP contribution < -0.4 is 9.64 Å². The number of rotatable bonds is 4. The van der Waals surface area contributed by atoms with Crippen molar-refractivity contribution >= 4 is 11.5 Å². The van der Waals surface area contributed by atoms with Gasteiger partial charge in [-0.15, -0.1) is 15.3 Å². The second-order valence-corrected chi connectivity index (χ2v) is 6.69. The molecule has 0 N–H and O–H groups in total. The number of benzene rings is 1. The van der Waals surface area contributed by atoms with Crippen LogP contribution in [0.3, 0.4) is 0 Å². The van der Waals surface area contributed by atoms with E-state index in [1.165, 1.54) is 18.4 Å². The van der Waals surface area contributed by atoms with Crippen LogP contribution in [0.1, 0.15) is 24.2 Å². The van der Waals surface area contributed by atoms with Crippen LogP contribution in [0.2, 0.25) is 0 Å². The van der Waals surface area contributed by atoms with Crippen LogP contribution in [0, 0.1) is 12.8 Å². The Bertz CT molecular complexity index is 867. The normalized spacial score (nSPS) is 15.7. The Kier molecular flexibility index (Phi) is 4.26. The summed E-state index contributed by atoms with van der Waals surface area (Å²) in [7, 11) is 1.72. The van der Waals surface area contributed by atoms with Gasteiger partial charge in [0, 0.05) is 13.1 Å². The lowest BCUT2D eigenvalue weighted by Crippen LogP contribution is -2.35. The molecular weight excluding hydrogens is 314 g/mol. The predicted octanol–water partition coefficient (Wildman–Crippen LogP) is 2.90. The Morgan fingerprint density at radius 1 is 1.12 bits per heavy atom. The van der Waals surface area contributed by atoms with E-state index in [1.807, 2.05) is 29.6 Å². The number of nitrogens with zero attached hydrogens (tertiary/aromatic N) is 5. The highest BCUT2D eigenvalue weighted by Crippen LogP contribution is 2.26. The molecule has 3 heterocycles. The van der Waals surface area contributed by atoms with E-state index in [0.717, 1.165) is 42.5 Å². The van der Waals surface area contributed by atoms with Gasteiger partial charge >= 0.3 is 0 Å². The minimum Gasteiger partial charge on any atom is -0.497 e. The predicted molar refractivity (Wildman–Crippen MR) is 97.2 cm³/mol. The molecular formula is C19H23N5O. The van der Waals surface area contributed by atoms with Crippen LogP contribution in [0.15, 0.2) is 36.4 Å². The number of hydrogen-bond acceptors (Lipinski definition) is 5. The SMILES string of the molecule is COc1cccc(CC2CCN(c3ccc4nnc(C)n4n3)CC2)c1. The highest BCUT2D eigenvalue weighted by atomic mass is 16.5. The maximum absolute atomic E-state index is 5.33. The fourth-order valence-electron chi connectivity index (χ4n) is 3.55. The molecule has 6 nitrogen and oxygen atoms in total. The highest BCUT2D eigenvalue weighted by molar-refractivity contribution is 5.46. The summed E-state index contributed by atoms with van der Waals surface area (Å²) in [5.41, 5.74) is 2.16. The van der Waals surface area contributed by atoms with Crippen molar-refractivity contribution in [1.82, 2.24) is 19.8 Å². The lowest BCUT2D eigenvalue weighted by atomic mass is 9.90. The number of ether oxygens (including phenoxy) is 1. The number of anilines is 1. The monoisotopic (exact) mass is 337 g/mol. The first-order chi connectivity index (χ1) is 12.2. The van der Waals surface area contributed by atoms with Gasteiger partial charge in [-0.25, -0.2) is 0 Å². The van der Waals surface area contributed by atoms with Crippen molar-refractivity contribution in [3.8, 4) is 5.75 Å². The van der Waals surface area contributed by atoms with Crippen LogP contribution in [0.25, 0.3) is 5.65 Å². The summed E-state index contributed by atoms with van der Waals surface area (Å²) in [6, 6.07) is 12.5. The quantitative estimate of drug-likeness (QED) is 0.733. The molecule has 1 aliphatic rings. The van der Waals surface area contributed by atoms with Gasteiger partial charge in [-0.3, -0.25) is 0 Å². The van der Waals surface area contributed by atoms with Gasteiger partial charge < -0.3 is 9.64 Å². The molecule has 130 valence electrons. The fraction of sp³-hybridized carbons (Fsp3) is 0.421. The summed E-state index contributed by atoms with van der Waals surface area (Å²) >= 11 is 0. The molecule has 0 saturated carbocycles. The summed E-state index contributed by atoms with van der Waals surface area (Å²) in [6.45, 7) is 4.00. The maximum atomic E-state index is 5.33. The maximum Gasteiger partial charge on any atom is 0.178 e. The van der Waals surface area contributed by atoms with Crippen molar-refractivity contribution in [2.45, 2.75) is 26.2 Å². The first-order valence-corrected chi connectivity index (χ1v) is 8.80. The van der Waals surface area contributed by atoms with E-state index in [0.29, 0.717) is 5.92 Å². The Hall–Kier alpha value is -2.63. The summed E-state index contributed by atoms with van der Waals surface area (Å²) in [5, 5.41) is 12.9. The Labute approximate surface area is 147 Å². The Morgan fingerprint density at radius 2 is 1.96 bits per heavy atom. The molecule has 0 radical (unpaired) electrons. The molecule has 4 rings (SSSR count). The number of aromatic nitrogens is 4. The van der Waals surface area contributed by atoms with Gasteiger partial charge in [-0.2, -0.15) is 4.52 Å². The molecule has 0 unspecified atom stereocenters. The van der Waals surface area contributed by atoms with E-state index >= 15 is 0 Å². The molecule has 0 bridgehead atoms. The first kappa shape index (κ1) is 15.9. The minimum atomic E-state index is 0.712. The molecule has 2 aromatic heterocycles. The molecule has 1 fully saturated rings. The van der Waals surface area contributed by atoms with Crippen molar-refractivity contribution in [3.63, 3.8) is 0 Å². The molecule has 0 amide bonds. The van der Waals surface area contributed by atoms with Crippen molar-refractivity contribution < 1.29 is 4.74 Å². The molecule has 1 aromatic carbocycles. The molecule has 3 aromatic rings. The molecule has 1 aliphatic heterocycles. The largest absolute Gasteiger partial charge is 0.497 e. The molecule has 6 heteroatoms. The second-order valence-electron chi connectivity index (χ2n) is 6.69. The van der Waals surface area contributed by atoms with Crippen LogP contribution >= 0.6 is 0 Å². The smallest absolute Gasteiger partial charge is 0.178 e. The first-order valence-electron chi connectivity index (χ1n) is 8.80. The summed E-state index contributed by atoms with van der Waals surface area (Å²) in [4.78, 5) is 2.36. The van der Waals surface area contributed by atoms with Crippen LogP contribution in [-0.2, 0) is 6.42 Å². The number of hydrogen-bond donors (Lipinski definition) is 0. The Morgan fingerprint density at radius 3 is 2.76 bits per heavy atom. The molecule has 1 saturated heterocycles. The fourth-order valence-corrected chi connectivity index (χ4v) is 3.55. The van der Waals surface area contributed by atoms with Gasteiger partial charge in [0.15, 0.2) is 11.5 Å². The van der Waals surface area contributed by atoms with Gasteiger partial charge in [-0.1, -0.05) is 12.1 Å². The zero-order chi connectivity index (χ0) is 17.2. The minimum absolute atomic E-state index is 0.712. The van der Waals surface area contributed by atoms with Crippen molar-refractivity contribution in [3.05, 3.63) is 47.8 Å². The summed E-state index contributed by atoms with van der Waals surface area (Å²) < 4.78 is 7.15. The zero-order valence-corrected chi connectivity index (χ0v) is 14.7. The van der Waals surface area contributed by atoms with Crippen LogP contribution in [-0.4, -0.2) is 40.0 Å². The third-order valence-corrected chi connectivity index (χ3v) is 5.00. The van der Waals surface area contributed by atoms with Gasteiger partial charge in [-0.05, 0) is 61.9 Å². The lowest BCUT2D eigenvalue weighted by Gasteiger charge is -2.32. The Balaban J connectivity index is 1.41. The number of methoxy groups -OCH3 is 1. The third-order valence-electron chi connectivity index (χ3n) is 5.00. The number of fused-ring (bicyclic) bond motifs is 1. The summed E-state index contributed by atoms with van der Waals surface area (Å²) in [6.07, 6.45) is 3.47. The molecule has 0 spiro atoms. The average molecular weight is 337 g/mol. The van der Waals surface area contributed by atoms with Gasteiger partial charge in [0.05, 0.1) is 7.11 Å². The lowest BCUT2D eigenvalue weighted by molar-refractivity contribution is 0.397. The van der Waals surface area contributed by atoms with Crippen molar-refractivity contribution in [2.24, 2.45) is 5.92 Å². The standard InChI is InChI=1S/C19H23N5O/c1-14-20-21-18-6-7-19(22-24(14)18)23-10-8-15(9-11-23)12-16-4-3-5-17(13-16)25-2/h3-7,13,15H,8-12H2,1-2H3.